The average molecular weight is 299 g/mol. The molecule has 22 heavy (non-hydrogen) atoms. The Morgan fingerprint density at radius 3 is 2.77 bits per heavy atom. The lowest BCUT2D eigenvalue weighted by atomic mass is 9.79. The quantitative estimate of drug-likeness (QED) is 0.821. The van der Waals surface area contributed by atoms with Gasteiger partial charge in [0, 0.05) is 18.5 Å². The van der Waals surface area contributed by atoms with Gasteiger partial charge in [0.1, 0.15) is 5.75 Å². The van der Waals surface area contributed by atoms with Gasteiger partial charge >= 0.3 is 0 Å². The maximum Gasteiger partial charge on any atom is 0.122 e. The van der Waals surface area contributed by atoms with Crippen LogP contribution in [0.1, 0.15) is 62.0 Å². The third-order valence-corrected chi connectivity index (χ3v) is 6.36. The van der Waals surface area contributed by atoms with Crippen LogP contribution in [-0.4, -0.2) is 31.1 Å². The molecule has 0 radical (unpaired) electrons. The van der Waals surface area contributed by atoms with Gasteiger partial charge in [-0.15, -0.1) is 0 Å². The van der Waals surface area contributed by atoms with E-state index in [0.29, 0.717) is 0 Å². The zero-order valence-electron chi connectivity index (χ0n) is 13.9. The van der Waals surface area contributed by atoms with Crippen molar-refractivity contribution in [2.75, 3.05) is 20.2 Å². The average Bonchev–Trinajstić information content (AvgIpc) is 2.98. The van der Waals surface area contributed by atoms with E-state index in [0.717, 1.165) is 23.6 Å². The SMILES string of the molecule is COc1cccc2c1CC[C@H]1[C@@H]2CCN1CC1CCCCC1. The molecule has 2 heteroatoms. The Balaban J connectivity index is 1.50. The normalized spacial score (nSPS) is 29.1. The molecule has 1 saturated carbocycles. The van der Waals surface area contributed by atoms with Crippen LogP contribution in [0.25, 0.3) is 0 Å². The maximum absolute atomic E-state index is 5.60. The number of fused-ring (bicyclic) bond motifs is 3. The second kappa shape index (κ2) is 6.23. The highest BCUT2D eigenvalue weighted by Crippen LogP contribution is 2.44. The van der Waals surface area contributed by atoms with Crippen LogP contribution >= 0.6 is 0 Å². The van der Waals surface area contributed by atoms with E-state index in [1.807, 2.05) is 7.11 Å². The molecule has 1 heterocycles. The topological polar surface area (TPSA) is 12.5 Å². The van der Waals surface area contributed by atoms with Crippen LogP contribution in [0.3, 0.4) is 0 Å². The number of rotatable bonds is 3. The molecule has 4 rings (SSSR count). The second-order valence-electron chi connectivity index (χ2n) is 7.53. The largest absolute Gasteiger partial charge is 0.496 e. The Morgan fingerprint density at radius 2 is 1.95 bits per heavy atom. The van der Waals surface area contributed by atoms with Crippen molar-refractivity contribution in [1.82, 2.24) is 4.90 Å². The number of hydrogen-bond donors (Lipinski definition) is 0. The molecule has 0 N–H and O–H groups in total. The fourth-order valence-corrected chi connectivity index (χ4v) is 5.27. The highest BCUT2D eigenvalue weighted by Gasteiger charge is 2.39. The van der Waals surface area contributed by atoms with Crippen molar-refractivity contribution < 1.29 is 4.74 Å². The fraction of sp³-hybridized carbons (Fsp3) is 0.700. The molecule has 2 atom stereocenters. The first-order valence-electron chi connectivity index (χ1n) is 9.26. The molecule has 1 aliphatic heterocycles. The third kappa shape index (κ3) is 2.56. The standard InChI is InChI=1S/C20H29NO/c1-22-20-9-5-8-16-17-12-13-21(19(17)11-10-18(16)20)14-15-6-3-2-4-7-15/h5,8-9,15,17,19H,2-4,6-7,10-14H2,1H3/t17-,19+/m1/s1. The van der Waals surface area contributed by atoms with E-state index < -0.39 is 0 Å². The van der Waals surface area contributed by atoms with Gasteiger partial charge in [-0.25, -0.2) is 0 Å². The van der Waals surface area contributed by atoms with E-state index >= 15 is 0 Å². The van der Waals surface area contributed by atoms with Crippen LogP contribution in [-0.2, 0) is 6.42 Å². The summed E-state index contributed by atoms with van der Waals surface area (Å²) in [5, 5.41) is 0. The number of likely N-dealkylation sites (tertiary alicyclic amines) is 1. The summed E-state index contributed by atoms with van der Waals surface area (Å²) >= 11 is 0. The van der Waals surface area contributed by atoms with Gasteiger partial charge in [0.05, 0.1) is 7.11 Å². The third-order valence-electron chi connectivity index (χ3n) is 6.36. The van der Waals surface area contributed by atoms with E-state index in [1.54, 1.807) is 5.56 Å². The predicted molar refractivity (Wildman–Crippen MR) is 90.6 cm³/mol. The molecule has 1 aromatic rings. The first-order chi connectivity index (χ1) is 10.9. The molecule has 2 fully saturated rings. The molecule has 0 amide bonds. The molecule has 120 valence electrons. The zero-order valence-corrected chi connectivity index (χ0v) is 13.9. The Hall–Kier alpha value is -1.02. The molecule has 3 aliphatic rings. The zero-order chi connectivity index (χ0) is 14.9. The lowest BCUT2D eigenvalue weighted by molar-refractivity contribution is 0.172. The number of nitrogens with zero attached hydrogens (tertiary/aromatic N) is 1. The summed E-state index contributed by atoms with van der Waals surface area (Å²) in [4.78, 5) is 2.84. The highest BCUT2D eigenvalue weighted by molar-refractivity contribution is 5.45. The van der Waals surface area contributed by atoms with Gasteiger partial charge in [0.2, 0.25) is 0 Å². The summed E-state index contributed by atoms with van der Waals surface area (Å²) in [6.07, 6.45) is 11.2. The van der Waals surface area contributed by atoms with Gasteiger partial charge in [-0.2, -0.15) is 0 Å². The molecule has 0 spiro atoms. The lowest BCUT2D eigenvalue weighted by Crippen LogP contribution is -2.38. The smallest absolute Gasteiger partial charge is 0.122 e. The summed E-state index contributed by atoms with van der Waals surface area (Å²) in [6, 6.07) is 7.47. The van der Waals surface area contributed by atoms with Crippen LogP contribution in [0, 0.1) is 5.92 Å². The van der Waals surface area contributed by atoms with Crippen molar-refractivity contribution in [1.29, 1.82) is 0 Å². The summed E-state index contributed by atoms with van der Waals surface area (Å²) in [5.74, 6) is 2.84. The molecule has 0 unspecified atom stereocenters. The lowest BCUT2D eigenvalue weighted by Gasteiger charge is -2.36. The number of methoxy groups -OCH3 is 1. The number of benzene rings is 1. The summed E-state index contributed by atoms with van der Waals surface area (Å²) in [7, 11) is 1.81. The Bertz CT molecular complexity index is 520. The van der Waals surface area contributed by atoms with Gasteiger partial charge in [-0.05, 0) is 61.8 Å². The van der Waals surface area contributed by atoms with Gasteiger partial charge in [0.25, 0.3) is 0 Å². The summed E-state index contributed by atoms with van der Waals surface area (Å²) in [6.45, 7) is 2.67. The van der Waals surface area contributed by atoms with Crippen LogP contribution in [0.15, 0.2) is 18.2 Å². The van der Waals surface area contributed by atoms with E-state index in [1.165, 1.54) is 70.0 Å². The molecule has 2 nitrogen and oxygen atoms in total. The molecule has 0 bridgehead atoms. The summed E-state index contributed by atoms with van der Waals surface area (Å²) < 4.78 is 5.60. The molecule has 0 aromatic heterocycles. The number of ether oxygens (including phenoxy) is 1. The fourth-order valence-electron chi connectivity index (χ4n) is 5.27. The molecule has 1 aromatic carbocycles. The van der Waals surface area contributed by atoms with Gasteiger partial charge in [0.15, 0.2) is 0 Å². The molecule has 2 aliphatic carbocycles. The van der Waals surface area contributed by atoms with E-state index in [-0.39, 0.29) is 0 Å². The minimum Gasteiger partial charge on any atom is -0.496 e. The molecular formula is C20H29NO. The minimum atomic E-state index is 0.752. The van der Waals surface area contributed by atoms with Crippen molar-refractivity contribution in [3.63, 3.8) is 0 Å². The van der Waals surface area contributed by atoms with Gasteiger partial charge in [-0.3, -0.25) is 4.90 Å². The van der Waals surface area contributed by atoms with E-state index in [2.05, 4.69) is 23.1 Å². The molecule has 1 saturated heterocycles. The van der Waals surface area contributed by atoms with Gasteiger partial charge in [-0.1, -0.05) is 31.4 Å². The van der Waals surface area contributed by atoms with Crippen LogP contribution in [0.4, 0.5) is 0 Å². The van der Waals surface area contributed by atoms with Crippen LogP contribution in [0.5, 0.6) is 5.75 Å². The van der Waals surface area contributed by atoms with Crippen molar-refractivity contribution in [2.45, 2.75) is 63.3 Å². The molecular weight excluding hydrogens is 270 g/mol. The second-order valence-corrected chi connectivity index (χ2v) is 7.53. The van der Waals surface area contributed by atoms with E-state index in [9.17, 15) is 0 Å². The summed E-state index contributed by atoms with van der Waals surface area (Å²) in [5.41, 5.74) is 3.08. The predicted octanol–water partition coefficient (Wildman–Crippen LogP) is 4.38. The first kappa shape index (κ1) is 14.6. The Kier molecular flexibility index (Phi) is 4.13. The van der Waals surface area contributed by atoms with Crippen molar-refractivity contribution in [3.05, 3.63) is 29.3 Å². The minimum absolute atomic E-state index is 0.752. The van der Waals surface area contributed by atoms with Crippen molar-refractivity contribution in [3.8, 4) is 5.75 Å². The van der Waals surface area contributed by atoms with E-state index in [4.69, 9.17) is 4.74 Å². The van der Waals surface area contributed by atoms with Crippen LogP contribution < -0.4 is 4.74 Å². The van der Waals surface area contributed by atoms with Crippen LogP contribution in [0.2, 0.25) is 0 Å². The Morgan fingerprint density at radius 1 is 1.09 bits per heavy atom. The monoisotopic (exact) mass is 299 g/mol. The van der Waals surface area contributed by atoms with Gasteiger partial charge < -0.3 is 4.74 Å². The van der Waals surface area contributed by atoms with Crippen molar-refractivity contribution in [2.24, 2.45) is 5.92 Å². The highest BCUT2D eigenvalue weighted by atomic mass is 16.5. The maximum atomic E-state index is 5.60. The Labute approximate surface area is 134 Å². The van der Waals surface area contributed by atoms with Crippen molar-refractivity contribution >= 4 is 0 Å². The first-order valence-corrected chi connectivity index (χ1v) is 9.26. The number of hydrogen-bond acceptors (Lipinski definition) is 2.